The molecule has 1 amide bonds. The molecule has 0 unspecified atom stereocenters. The number of fused-ring (bicyclic) bond motifs is 1. The second kappa shape index (κ2) is 8.45. The zero-order valence-corrected chi connectivity index (χ0v) is 18.2. The van der Waals surface area contributed by atoms with Gasteiger partial charge in [0, 0.05) is 12.7 Å². The summed E-state index contributed by atoms with van der Waals surface area (Å²) in [5.74, 6) is 0.847. The summed E-state index contributed by atoms with van der Waals surface area (Å²) in [4.78, 5) is 32.7. The standard InChI is InChI=1S/C21H20N4O3S2/c1-3-8-22-18-15(19(26)24-11-13(2)6-7-17(24)23-18)10-16-20(27)25(21(29)30-16)12-14-5-4-9-28-14/h4-7,9-11,22H,3,8,12H2,1-2H3. The quantitative estimate of drug-likeness (QED) is 0.461. The summed E-state index contributed by atoms with van der Waals surface area (Å²) in [6, 6.07) is 7.26. The van der Waals surface area contributed by atoms with E-state index in [4.69, 9.17) is 16.6 Å². The molecule has 0 spiro atoms. The summed E-state index contributed by atoms with van der Waals surface area (Å²) in [7, 11) is 0. The summed E-state index contributed by atoms with van der Waals surface area (Å²) in [6.45, 7) is 4.86. The van der Waals surface area contributed by atoms with Crippen molar-refractivity contribution < 1.29 is 9.21 Å². The minimum Gasteiger partial charge on any atom is -0.467 e. The van der Waals surface area contributed by atoms with E-state index in [-0.39, 0.29) is 18.0 Å². The molecule has 1 saturated heterocycles. The van der Waals surface area contributed by atoms with Crippen LogP contribution in [-0.2, 0) is 11.3 Å². The van der Waals surface area contributed by atoms with Crippen LogP contribution in [0.2, 0.25) is 0 Å². The normalized spacial score (nSPS) is 15.5. The third-order valence-corrected chi connectivity index (χ3v) is 5.97. The number of nitrogens with zero attached hydrogens (tertiary/aromatic N) is 3. The van der Waals surface area contributed by atoms with Crippen molar-refractivity contribution in [2.24, 2.45) is 0 Å². The molecule has 3 aromatic heterocycles. The van der Waals surface area contributed by atoms with E-state index in [1.165, 1.54) is 21.1 Å². The number of carbonyl (C=O) groups excluding carboxylic acids is 1. The van der Waals surface area contributed by atoms with Gasteiger partial charge < -0.3 is 9.73 Å². The third kappa shape index (κ3) is 3.90. The van der Waals surface area contributed by atoms with Crippen LogP contribution in [0.3, 0.4) is 0 Å². The van der Waals surface area contributed by atoms with E-state index < -0.39 is 0 Å². The number of nitrogens with one attached hydrogen (secondary N) is 1. The topological polar surface area (TPSA) is 79.9 Å². The van der Waals surface area contributed by atoms with E-state index in [1.807, 2.05) is 19.9 Å². The maximum Gasteiger partial charge on any atom is 0.267 e. The number of thiocarbonyl (C=S) groups is 1. The van der Waals surface area contributed by atoms with Crippen LogP contribution < -0.4 is 10.9 Å². The highest BCUT2D eigenvalue weighted by Crippen LogP contribution is 2.34. The zero-order chi connectivity index (χ0) is 21.3. The van der Waals surface area contributed by atoms with E-state index in [1.54, 1.807) is 36.7 Å². The van der Waals surface area contributed by atoms with Gasteiger partial charge in [0.15, 0.2) is 0 Å². The number of amides is 1. The fourth-order valence-corrected chi connectivity index (χ4v) is 4.33. The van der Waals surface area contributed by atoms with Gasteiger partial charge in [0.2, 0.25) is 0 Å². The highest BCUT2D eigenvalue weighted by atomic mass is 32.2. The molecule has 9 heteroatoms. The van der Waals surface area contributed by atoms with Gasteiger partial charge in [-0.15, -0.1) is 0 Å². The summed E-state index contributed by atoms with van der Waals surface area (Å²) in [6.07, 6.45) is 5.76. The molecule has 7 nitrogen and oxygen atoms in total. The van der Waals surface area contributed by atoms with Crippen molar-refractivity contribution in [1.29, 1.82) is 0 Å². The average Bonchev–Trinajstić information content (AvgIpc) is 3.33. The summed E-state index contributed by atoms with van der Waals surface area (Å²) in [5.41, 5.74) is 1.59. The average molecular weight is 441 g/mol. The van der Waals surface area contributed by atoms with Gasteiger partial charge in [-0.1, -0.05) is 37.0 Å². The number of hydrogen-bond acceptors (Lipinski definition) is 7. The molecule has 0 bridgehead atoms. The van der Waals surface area contributed by atoms with Gasteiger partial charge in [-0.2, -0.15) is 0 Å². The molecule has 0 saturated carbocycles. The van der Waals surface area contributed by atoms with Crippen molar-refractivity contribution in [3.05, 3.63) is 68.9 Å². The van der Waals surface area contributed by atoms with Crippen LogP contribution in [0.1, 0.15) is 30.2 Å². The first kappa shape index (κ1) is 20.4. The van der Waals surface area contributed by atoms with E-state index in [2.05, 4.69) is 10.3 Å². The number of anilines is 1. The Morgan fingerprint density at radius 2 is 2.13 bits per heavy atom. The minimum absolute atomic E-state index is 0.237. The van der Waals surface area contributed by atoms with Crippen molar-refractivity contribution >= 4 is 51.7 Å². The van der Waals surface area contributed by atoms with E-state index >= 15 is 0 Å². The smallest absolute Gasteiger partial charge is 0.267 e. The molecule has 0 aromatic carbocycles. The number of aromatic nitrogens is 2. The lowest BCUT2D eigenvalue weighted by Crippen LogP contribution is -2.27. The van der Waals surface area contributed by atoms with Gasteiger partial charge in [-0.3, -0.25) is 18.9 Å². The van der Waals surface area contributed by atoms with Crippen LogP contribution in [0.4, 0.5) is 5.82 Å². The first-order chi connectivity index (χ1) is 14.5. The molecule has 0 aliphatic carbocycles. The van der Waals surface area contributed by atoms with Crippen LogP contribution in [0, 0.1) is 6.92 Å². The number of furan rings is 1. The molecule has 4 heterocycles. The number of rotatable bonds is 6. The Morgan fingerprint density at radius 1 is 1.30 bits per heavy atom. The lowest BCUT2D eigenvalue weighted by atomic mass is 10.2. The van der Waals surface area contributed by atoms with Gasteiger partial charge in [0.1, 0.15) is 21.5 Å². The van der Waals surface area contributed by atoms with Crippen molar-refractivity contribution in [2.45, 2.75) is 26.8 Å². The monoisotopic (exact) mass is 440 g/mol. The van der Waals surface area contributed by atoms with Crippen molar-refractivity contribution in [3.63, 3.8) is 0 Å². The predicted octanol–water partition coefficient (Wildman–Crippen LogP) is 3.82. The Hall–Kier alpha value is -2.91. The number of aryl methyl sites for hydroxylation is 1. The molecule has 1 fully saturated rings. The van der Waals surface area contributed by atoms with Gasteiger partial charge in [-0.05, 0) is 43.2 Å². The minimum atomic E-state index is -0.253. The molecule has 154 valence electrons. The Kier molecular flexibility index (Phi) is 5.74. The molecule has 1 aliphatic heterocycles. The molecular weight excluding hydrogens is 420 g/mol. The van der Waals surface area contributed by atoms with Gasteiger partial charge in [0.05, 0.1) is 23.3 Å². The Morgan fingerprint density at radius 3 is 2.87 bits per heavy atom. The van der Waals surface area contributed by atoms with Crippen LogP contribution in [0.15, 0.2) is 50.8 Å². The Bertz CT molecular complexity index is 1210. The molecule has 0 atom stereocenters. The number of thioether (sulfide) groups is 1. The summed E-state index contributed by atoms with van der Waals surface area (Å²) < 4.78 is 7.26. The lowest BCUT2D eigenvalue weighted by Gasteiger charge is -2.12. The maximum atomic E-state index is 13.2. The highest BCUT2D eigenvalue weighted by molar-refractivity contribution is 8.26. The van der Waals surface area contributed by atoms with E-state index in [0.717, 1.165) is 12.0 Å². The third-order valence-electron chi connectivity index (χ3n) is 4.59. The first-order valence-electron chi connectivity index (χ1n) is 9.52. The second-order valence-corrected chi connectivity index (χ2v) is 8.56. The van der Waals surface area contributed by atoms with Crippen LogP contribution in [0.5, 0.6) is 0 Å². The van der Waals surface area contributed by atoms with Crippen molar-refractivity contribution in [3.8, 4) is 0 Å². The zero-order valence-electron chi connectivity index (χ0n) is 16.5. The number of pyridine rings is 1. The Labute approximate surface area is 182 Å². The van der Waals surface area contributed by atoms with Crippen LogP contribution >= 0.6 is 24.0 Å². The SMILES string of the molecule is CCCNc1nc2ccc(C)cn2c(=O)c1C=C1SC(=S)N(Cc2ccco2)C1=O. The molecule has 3 aromatic rings. The molecule has 4 rings (SSSR count). The predicted molar refractivity (Wildman–Crippen MR) is 122 cm³/mol. The second-order valence-electron chi connectivity index (χ2n) is 6.89. The molecule has 30 heavy (non-hydrogen) atoms. The summed E-state index contributed by atoms with van der Waals surface area (Å²) >= 11 is 6.56. The molecular formula is C21H20N4O3S2. The molecule has 0 radical (unpaired) electrons. The summed E-state index contributed by atoms with van der Waals surface area (Å²) in [5, 5.41) is 3.21. The van der Waals surface area contributed by atoms with Gasteiger partial charge in [-0.25, -0.2) is 4.98 Å². The fraction of sp³-hybridized carbons (Fsp3) is 0.238. The van der Waals surface area contributed by atoms with Gasteiger partial charge in [0.25, 0.3) is 11.5 Å². The number of hydrogen-bond donors (Lipinski definition) is 1. The largest absolute Gasteiger partial charge is 0.467 e. The molecule has 1 N–H and O–H groups in total. The van der Waals surface area contributed by atoms with Crippen LogP contribution in [0.25, 0.3) is 11.7 Å². The van der Waals surface area contributed by atoms with E-state index in [9.17, 15) is 9.59 Å². The van der Waals surface area contributed by atoms with Crippen molar-refractivity contribution in [1.82, 2.24) is 14.3 Å². The van der Waals surface area contributed by atoms with E-state index in [0.29, 0.717) is 38.6 Å². The fourth-order valence-electron chi connectivity index (χ4n) is 3.09. The maximum absolute atomic E-state index is 13.2. The van der Waals surface area contributed by atoms with Crippen molar-refractivity contribution in [2.75, 3.05) is 11.9 Å². The van der Waals surface area contributed by atoms with Crippen LogP contribution in [-0.4, -0.2) is 31.1 Å². The number of carbonyl (C=O) groups is 1. The highest BCUT2D eigenvalue weighted by Gasteiger charge is 2.33. The molecule has 1 aliphatic rings. The Balaban J connectivity index is 1.77. The lowest BCUT2D eigenvalue weighted by molar-refractivity contribution is -0.122. The first-order valence-corrected chi connectivity index (χ1v) is 10.7. The van der Waals surface area contributed by atoms with Gasteiger partial charge >= 0.3 is 0 Å².